The van der Waals surface area contributed by atoms with Crippen molar-refractivity contribution in [3.63, 3.8) is 0 Å². The molecule has 2 nitrogen and oxygen atoms in total. The molecule has 1 rings (SSSR count). The summed E-state index contributed by atoms with van der Waals surface area (Å²) in [6.45, 7) is 6.76. The van der Waals surface area contributed by atoms with Gasteiger partial charge >= 0.3 is 0 Å². The molecule has 1 aromatic rings. The lowest BCUT2D eigenvalue weighted by molar-refractivity contribution is 0.494. The van der Waals surface area contributed by atoms with Crippen LogP contribution in [0.25, 0.3) is 0 Å². The summed E-state index contributed by atoms with van der Waals surface area (Å²) in [6.07, 6.45) is 1.21. The molecule has 0 saturated heterocycles. The molecule has 0 aliphatic rings. The molecule has 0 heterocycles. The number of rotatable bonds is 5. The maximum atomic E-state index is 3.54. The second kappa shape index (κ2) is 5.78. The van der Waals surface area contributed by atoms with Gasteiger partial charge in [-0.05, 0) is 37.1 Å². The number of hydrogen-bond donors (Lipinski definition) is 1. The molecule has 90 valence electrons. The standard InChI is InChI=1S/C14H24N2/c1-6-11(2)12(3)15-13-7-9-14(10-8-13)16(4)5/h7-12,15H,6H2,1-5H3. The summed E-state index contributed by atoms with van der Waals surface area (Å²) < 4.78 is 0. The van der Waals surface area contributed by atoms with E-state index >= 15 is 0 Å². The fourth-order valence-corrected chi connectivity index (χ4v) is 1.61. The average Bonchev–Trinajstić information content (AvgIpc) is 2.28. The molecule has 0 fully saturated rings. The van der Waals surface area contributed by atoms with E-state index in [4.69, 9.17) is 0 Å². The summed E-state index contributed by atoms with van der Waals surface area (Å²) in [5.74, 6) is 0.702. The number of hydrogen-bond acceptors (Lipinski definition) is 2. The van der Waals surface area contributed by atoms with E-state index in [2.05, 4.69) is 69.3 Å². The van der Waals surface area contributed by atoms with Crippen molar-refractivity contribution in [2.24, 2.45) is 5.92 Å². The third-order valence-electron chi connectivity index (χ3n) is 3.28. The third kappa shape index (κ3) is 3.44. The molecule has 2 unspecified atom stereocenters. The zero-order chi connectivity index (χ0) is 12.1. The molecule has 0 amide bonds. The average molecular weight is 220 g/mol. The molecule has 1 N–H and O–H groups in total. The highest BCUT2D eigenvalue weighted by Gasteiger charge is 2.09. The fourth-order valence-electron chi connectivity index (χ4n) is 1.61. The lowest BCUT2D eigenvalue weighted by atomic mass is 10.0. The fraction of sp³-hybridized carbons (Fsp3) is 0.571. The van der Waals surface area contributed by atoms with Crippen LogP contribution in [-0.4, -0.2) is 20.1 Å². The van der Waals surface area contributed by atoms with Crippen LogP contribution < -0.4 is 10.2 Å². The largest absolute Gasteiger partial charge is 0.382 e. The smallest absolute Gasteiger partial charge is 0.0362 e. The van der Waals surface area contributed by atoms with E-state index in [1.54, 1.807) is 0 Å². The summed E-state index contributed by atoms with van der Waals surface area (Å²) in [4.78, 5) is 2.11. The Labute approximate surface area is 99.7 Å². The van der Waals surface area contributed by atoms with Crippen molar-refractivity contribution in [1.29, 1.82) is 0 Å². The van der Waals surface area contributed by atoms with Crippen molar-refractivity contribution in [2.45, 2.75) is 33.2 Å². The van der Waals surface area contributed by atoms with E-state index in [0.717, 1.165) is 0 Å². The lowest BCUT2D eigenvalue weighted by Gasteiger charge is -2.21. The van der Waals surface area contributed by atoms with Crippen LogP contribution >= 0.6 is 0 Å². The monoisotopic (exact) mass is 220 g/mol. The number of nitrogens with zero attached hydrogens (tertiary/aromatic N) is 1. The van der Waals surface area contributed by atoms with Crippen molar-refractivity contribution in [3.8, 4) is 0 Å². The maximum absolute atomic E-state index is 3.54. The summed E-state index contributed by atoms with van der Waals surface area (Å²) >= 11 is 0. The molecular weight excluding hydrogens is 196 g/mol. The molecule has 0 aliphatic carbocycles. The van der Waals surface area contributed by atoms with Crippen molar-refractivity contribution >= 4 is 11.4 Å². The van der Waals surface area contributed by atoms with Gasteiger partial charge in [0.05, 0.1) is 0 Å². The van der Waals surface area contributed by atoms with E-state index in [1.165, 1.54) is 17.8 Å². The Morgan fingerprint density at radius 3 is 2.12 bits per heavy atom. The van der Waals surface area contributed by atoms with E-state index < -0.39 is 0 Å². The highest BCUT2D eigenvalue weighted by Crippen LogP contribution is 2.18. The number of nitrogens with one attached hydrogen (secondary N) is 1. The summed E-state index contributed by atoms with van der Waals surface area (Å²) in [5, 5.41) is 3.54. The van der Waals surface area contributed by atoms with Gasteiger partial charge in [-0.3, -0.25) is 0 Å². The van der Waals surface area contributed by atoms with E-state index in [0.29, 0.717) is 12.0 Å². The van der Waals surface area contributed by atoms with Gasteiger partial charge in [-0.25, -0.2) is 0 Å². The molecule has 0 spiro atoms. The molecule has 2 heteroatoms. The summed E-state index contributed by atoms with van der Waals surface area (Å²) in [7, 11) is 4.12. The topological polar surface area (TPSA) is 15.3 Å². The minimum Gasteiger partial charge on any atom is -0.382 e. The van der Waals surface area contributed by atoms with Crippen LogP contribution in [0.5, 0.6) is 0 Å². The zero-order valence-electron chi connectivity index (χ0n) is 11.1. The van der Waals surface area contributed by atoms with Crippen molar-refractivity contribution in [2.75, 3.05) is 24.3 Å². The molecule has 16 heavy (non-hydrogen) atoms. The van der Waals surface area contributed by atoms with Gasteiger partial charge < -0.3 is 10.2 Å². The molecule has 0 saturated carbocycles. The predicted octanol–water partition coefficient (Wildman–Crippen LogP) is 3.60. The minimum atomic E-state index is 0.523. The lowest BCUT2D eigenvalue weighted by Crippen LogP contribution is -2.23. The Bertz CT molecular complexity index is 303. The number of anilines is 2. The number of benzene rings is 1. The molecule has 1 aromatic carbocycles. The van der Waals surface area contributed by atoms with Crippen LogP contribution in [0.4, 0.5) is 11.4 Å². The van der Waals surface area contributed by atoms with Crippen LogP contribution in [0.3, 0.4) is 0 Å². The first kappa shape index (κ1) is 12.9. The quantitative estimate of drug-likeness (QED) is 0.815. The third-order valence-corrected chi connectivity index (χ3v) is 3.28. The molecule has 2 atom stereocenters. The SMILES string of the molecule is CCC(C)C(C)Nc1ccc(N(C)C)cc1. The van der Waals surface area contributed by atoms with Crippen LogP contribution in [0, 0.1) is 5.92 Å². The normalized spacial score (nSPS) is 14.3. The van der Waals surface area contributed by atoms with Gasteiger partial charge in [0.15, 0.2) is 0 Å². The first-order chi connectivity index (χ1) is 7.54. The van der Waals surface area contributed by atoms with E-state index in [-0.39, 0.29) is 0 Å². The van der Waals surface area contributed by atoms with E-state index in [9.17, 15) is 0 Å². The summed E-state index contributed by atoms with van der Waals surface area (Å²) in [5.41, 5.74) is 2.44. The van der Waals surface area contributed by atoms with Crippen LogP contribution in [0.15, 0.2) is 24.3 Å². The highest BCUT2D eigenvalue weighted by atomic mass is 15.1. The Kier molecular flexibility index (Phi) is 4.66. The molecule has 0 aliphatic heterocycles. The van der Waals surface area contributed by atoms with Gasteiger partial charge in [-0.15, -0.1) is 0 Å². The van der Waals surface area contributed by atoms with Gasteiger partial charge in [0.1, 0.15) is 0 Å². The zero-order valence-corrected chi connectivity index (χ0v) is 11.1. The Morgan fingerprint density at radius 2 is 1.69 bits per heavy atom. The Balaban J connectivity index is 2.61. The van der Waals surface area contributed by atoms with Crippen LogP contribution in [0.1, 0.15) is 27.2 Å². The highest BCUT2D eigenvalue weighted by molar-refractivity contribution is 5.54. The van der Waals surface area contributed by atoms with Crippen molar-refractivity contribution in [1.82, 2.24) is 0 Å². The molecule has 0 radical (unpaired) electrons. The van der Waals surface area contributed by atoms with Crippen LogP contribution in [-0.2, 0) is 0 Å². The summed E-state index contributed by atoms with van der Waals surface area (Å²) in [6, 6.07) is 9.11. The van der Waals surface area contributed by atoms with Gasteiger partial charge in [0, 0.05) is 31.5 Å². The van der Waals surface area contributed by atoms with Gasteiger partial charge in [-0.2, -0.15) is 0 Å². The second-order valence-corrected chi connectivity index (χ2v) is 4.76. The van der Waals surface area contributed by atoms with Gasteiger partial charge in [0.25, 0.3) is 0 Å². The maximum Gasteiger partial charge on any atom is 0.0362 e. The van der Waals surface area contributed by atoms with Crippen molar-refractivity contribution < 1.29 is 0 Å². The molecular formula is C14H24N2. The van der Waals surface area contributed by atoms with Crippen molar-refractivity contribution in [3.05, 3.63) is 24.3 Å². The minimum absolute atomic E-state index is 0.523. The predicted molar refractivity (Wildman–Crippen MR) is 73.3 cm³/mol. The van der Waals surface area contributed by atoms with E-state index in [1.807, 2.05) is 0 Å². The first-order valence-corrected chi connectivity index (χ1v) is 6.08. The first-order valence-electron chi connectivity index (χ1n) is 6.08. The van der Waals surface area contributed by atoms with Gasteiger partial charge in [-0.1, -0.05) is 20.3 Å². The van der Waals surface area contributed by atoms with Gasteiger partial charge in [0.2, 0.25) is 0 Å². The second-order valence-electron chi connectivity index (χ2n) is 4.76. The Hall–Kier alpha value is -1.18. The Morgan fingerprint density at radius 1 is 1.12 bits per heavy atom. The van der Waals surface area contributed by atoms with Crippen LogP contribution in [0.2, 0.25) is 0 Å². The molecule has 0 aromatic heterocycles. The molecule has 0 bridgehead atoms.